The molecule has 8 atom stereocenters. The van der Waals surface area contributed by atoms with Gasteiger partial charge in [-0.15, -0.1) is 0 Å². The van der Waals surface area contributed by atoms with Crippen molar-refractivity contribution < 1.29 is 14.6 Å². The van der Waals surface area contributed by atoms with Crippen molar-refractivity contribution in [3.63, 3.8) is 0 Å². The first-order valence-electron chi connectivity index (χ1n) is 13.6. The summed E-state index contributed by atoms with van der Waals surface area (Å²) in [5, 5.41) is 11.6. The Kier molecular flexibility index (Phi) is 8.35. The number of aliphatic hydroxyl groups is 1. The van der Waals surface area contributed by atoms with Crippen LogP contribution in [0.3, 0.4) is 0 Å². The second-order valence-corrected chi connectivity index (χ2v) is 12.1. The highest BCUT2D eigenvalue weighted by atomic mass is 16.5. The Morgan fingerprint density at radius 2 is 1.75 bits per heavy atom. The van der Waals surface area contributed by atoms with E-state index in [9.17, 15) is 9.90 Å². The number of Topliss-reactive ketones (excluding diaryl/α,β-unsaturated/α-hetero) is 1. The summed E-state index contributed by atoms with van der Waals surface area (Å²) in [4.78, 5) is 14.1. The fourth-order valence-electron chi connectivity index (χ4n) is 7.98. The first-order valence-corrected chi connectivity index (χ1v) is 13.6. The van der Waals surface area contributed by atoms with Crippen LogP contribution in [0.1, 0.15) is 112 Å². The van der Waals surface area contributed by atoms with E-state index in [1.807, 2.05) is 14.0 Å². The van der Waals surface area contributed by atoms with Crippen LogP contribution >= 0.6 is 0 Å². The molecule has 3 saturated carbocycles. The number of ether oxygens (including phenoxy) is 1. The van der Waals surface area contributed by atoms with Gasteiger partial charge in [0.25, 0.3) is 0 Å². The molecule has 0 aromatic carbocycles. The zero-order valence-corrected chi connectivity index (χ0v) is 21.8. The number of hydrogen-bond acceptors (Lipinski definition) is 3. The van der Waals surface area contributed by atoms with Gasteiger partial charge < -0.3 is 9.84 Å². The Balaban J connectivity index is 1.82. The lowest BCUT2D eigenvalue weighted by atomic mass is 9.44. The maximum absolute atomic E-state index is 14.1. The molecule has 3 aliphatic rings. The van der Waals surface area contributed by atoms with E-state index in [0.717, 1.165) is 32.1 Å². The highest BCUT2D eigenvalue weighted by molar-refractivity contribution is 5.88. The molecule has 0 aliphatic heterocycles. The van der Waals surface area contributed by atoms with Crippen molar-refractivity contribution in [2.24, 2.45) is 34.0 Å². The molecule has 0 spiro atoms. The Morgan fingerprint density at radius 1 is 1.06 bits per heavy atom. The molecule has 184 valence electrons. The number of carbonyl (C=O) groups excluding carboxylic acids is 1. The molecule has 0 aromatic rings. The van der Waals surface area contributed by atoms with Gasteiger partial charge in [-0.05, 0) is 81.0 Å². The summed E-state index contributed by atoms with van der Waals surface area (Å²) >= 11 is 0. The zero-order valence-electron chi connectivity index (χ0n) is 21.8. The number of ketones is 1. The van der Waals surface area contributed by atoms with Crippen LogP contribution in [-0.4, -0.2) is 30.2 Å². The molecule has 0 radical (unpaired) electrons. The Labute approximate surface area is 197 Å². The average molecular weight is 447 g/mol. The van der Waals surface area contributed by atoms with Crippen molar-refractivity contribution in [1.29, 1.82) is 0 Å². The van der Waals surface area contributed by atoms with Crippen LogP contribution in [0.15, 0.2) is 12.2 Å². The molecule has 3 fully saturated rings. The predicted molar refractivity (Wildman–Crippen MR) is 132 cm³/mol. The number of hydrogen-bond donors (Lipinski definition) is 1. The highest BCUT2D eigenvalue weighted by Gasteiger charge is 2.66. The van der Waals surface area contributed by atoms with Gasteiger partial charge in [0.2, 0.25) is 0 Å². The summed E-state index contributed by atoms with van der Waals surface area (Å²) < 4.78 is 6.02. The van der Waals surface area contributed by atoms with Crippen molar-refractivity contribution in [2.45, 2.75) is 124 Å². The van der Waals surface area contributed by atoms with Gasteiger partial charge in [0.1, 0.15) is 5.78 Å². The van der Waals surface area contributed by atoms with Gasteiger partial charge in [0.05, 0.1) is 17.6 Å². The van der Waals surface area contributed by atoms with E-state index in [2.05, 4.69) is 39.8 Å². The standard InChI is InChI=1S/C29H50O3/c1-7-8-9-10-11-12-13-14-17-27(4)24(30)20-28(5)21(2)15-18-29(22(3)26(27)31)19-16-23(32-6)25(28)29/h13-14,21-25,30H,7-12,15-20H2,1-6H3/b14-13+/t21-,22+,23-,24+,25+,27+,28-,29+/m1/s1. The summed E-state index contributed by atoms with van der Waals surface area (Å²) in [6.07, 6.45) is 17.3. The summed E-state index contributed by atoms with van der Waals surface area (Å²) in [7, 11) is 1.84. The number of rotatable bonds is 9. The number of allylic oxidation sites excluding steroid dienone is 2. The smallest absolute Gasteiger partial charge is 0.145 e. The number of carbonyl (C=O) groups is 1. The van der Waals surface area contributed by atoms with Crippen LogP contribution in [0.4, 0.5) is 0 Å². The second-order valence-electron chi connectivity index (χ2n) is 12.1. The van der Waals surface area contributed by atoms with Crippen LogP contribution in [0.2, 0.25) is 0 Å². The van der Waals surface area contributed by atoms with Gasteiger partial charge in [0, 0.05) is 13.0 Å². The fraction of sp³-hybridized carbons (Fsp3) is 0.897. The Morgan fingerprint density at radius 3 is 2.44 bits per heavy atom. The van der Waals surface area contributed by atoms with Crippen LogP contribution in [-0.2, 0) is 9.53 Å². The number of unbranched alkanes of at least 4 members (excludes halogenated alkanes) is 5. The van der Waals surface area contributed by atoms with Crippen LogP contribution in [0.5, 0.6) is 0 Å². The molecule has 3 nitrogen and oxygen atoms in total. The van der Waals surface area contributed by atoms with E-state index < -0.39 is 11.5 Å². The molecule has 0 heterocycles. The predicted octanol–water partition coefficient (Wildman–Crippen LogP) is 7.12. The quantitative estimate of drug-likeness (QED) is 0.303. The Bertz CT molecular complexity index is 671. The zero-order chi connectivity index (χ0) is 23.6. The van der Waals surface area contributed by atoms with Gasteiger partial charge in [0.15, 0.2) is 0 Å². The molecule has 32 heavy (non-hydrogen) atoms. The summed E-state index contributed by atoms with van der Waals surface area (Å²) in [5.41, 5.74) is -0.656. The molecule has 0 amide bonds. The lowest BCUT2D eigenvalue weighted by Crippen LogP contribution is -2.60. The summed E-state index contributed by atoms with van der Waals surface area (Å²) in [6, 6.07) is 0. The van der Waals surface area contributed by atoms with Crippen LogP contribution < -0.4 is 0 Å². The molecule has 0 aromatic heterocycles. The third-order valence-electron chi connectivity index (χ3n) is 10.4. The van der Waals surface area contributed by atoms with Crippen molar-refractivity contribution >= 4 is 5.78 Å². The van der Waals surface area contributed by atoms with Gasteiger partial charge in [-0.1, -0.05) is 65.5 Å². The molecule has 0 saturated heterocycles. The molecular formula is C29H50O3. The van der Waals surface area contributed by atoms with Gasteiger partial charge >= 0.3 is 0 Å². The van der Waals surface area contributed by atoms with Crippen molar-refractivity contribution in [3.8, 4) is 0 Å². The third kappa shape index (κ3) is 4.38. The second kappa shape index (κ2) is 10.3. The molecule has 3 heteroatoms. The SMILES string of the molecule is CCCCCCC/C=C/C[C@]1(C)C(=O)[C@H](C)[C@@]23CC[C@@H](C)[C@@](C)(C[C@@H]1O)[C@@H]2[C@H](OC)CC3. The van der Waals surface area contributed by atoms with Gasteiger partial charge in [-0.2, -0.15) is 0 Å². The van der Waals surface area contributed by atoms with Gasteiger partial charge in [-0.3, -0.25) is 4.79 Å². The average Bonchev–Trinajstić information content (AvgIpc) is 3.17. The van der Waals surface area contributed by atoms with Crippen LogP contribution in [0, 0.1) is 34.0 Å². The maximum Gasteiger partial charge on any atom is 0.145 e. The first-order chi connectivity index (χ1) is 15.2. The van der Waals surface area contributed by atoms with E-state index in [-0.39, 0.29) is 28.6 Å². The van der Waals surface area contributed by atoms with E-state index in [1.165, 1.54) is 32.1 Å². The van der Waals surface area contributed by atoms with E-state index in [1.54, 1.807) is 0 Å². The highest BCUT2D eigenvalue weighted by Crippen LogP contribution is 2.68. The monoisotopic (exact) mass is 446 g/mol. The first kappa shape index (κ1) is 25.9. The molecule has 2 bridgehead atoms. The van der Waals surface area contributed by atoms with E-state index in [0.29, 0.717) is 24.7 Å². The molecule has 3 aliphatic carbocycles. The normalized spacial score (nSPS) is 44.5. The Hall–Kier alpha value is -0.670. The molecular weight excluding hydrogens is 396 g/mol. The fourth-order valence-corrected chi connectivity index (χ4v) is 7.98. The van der Waals surface area contributed by atoms with Gasteiger partial charge in [-0.25, -0.2) is 0 Å². The number of aliphatic hydroxyl groups excluding tert-OH is 1. The molecule has 3 rings (SSSR count). The van der Waals surface area contributed by atoms with E-state index in [4.69, 9.17) is 4.74 Å². The minimum Gasteiger partial charge on any atom is -0.392 e. The largest absolute Gasteiger partial charge is 0.392 e. The lowest BCUT2D eigenvalue weighted by molar-refractivity contribution is -0.178. The van der Waals surface area contributed by atoms with Crippen molar-refractivity contribution in [1.82, 2.24) is 0 Å². The number of methoxy groups -OCH3 is 1. The molecule has 1 N–H and O–H groups in total. The third-order valence-corrected chi connectivity index (χ3v) is 10.4. The van der Waals surface area contributed by atoms with Crippen LogP contribution in [0.25, 0.3) is 0 Å². The minimum absolute atomic E-state index is 0.00799. The van der Waals surface area contributed by atoms with Crippen molar-refractivity contribution in [2.75, 3.05) is 7.11 Å². The minimum atomic E-state index is -0.695. The van der Waals surface area contributed by atoms with E-state index >= 15 is 0 Å². The summed E-state index contributed by atoms with van der Waals surface area (Å²) in [5.74, 6) is 1.16. The summed E-state index contributed by atoms with van der Waals surface area (Å²) in [6.45, 7) is 11.2. The lowest BCUT2D eigenvalue weighted by Gasteiger charge is -2.60. The van der Waals surface area contributed by atoms with Crippen molar-refractivity contribution in [3.05, 3.63) is 12.2 Å². The topological polar surface area (TPSA) is 46.5 Å². The molecule has 0 unspecified atom stereocenters. The maximum atomic E-state index is 14.1.